The van der Waals surface area contributed by atoms with E-state index in [1.165, 1.54) is 37.0 Å². The molecule has 0 saturated carbocycles. The maximum atomic E-state index is 2.40. The lowest BCUT2D eigenvalue weighted by molar-refractivity contribution is 0.437. The van der Waals surface area contributed by atoms with Gasteiger partial charge in [-0.2, -0.15) is 0 Å². The molecular formula is C20H30S. The first-order valence-electron chi connectivity index (χ1n) is 8.35. The summed E-state index contributed by atoms with van der Waals surface area (Å²) in [4.78, 5) is 0. The van der Waals surface area contributed by atoms with Gasteiger partial charge in [-0.15, -0.1) is 11.8 Å². The van der Waals surface area contributed by atoms with Crippen molar-refractivity contribution in [2.24, 2.45) is 5.41 Å². The van der Waals surface area contributed by atoms with Gasteiger partial charge in [0.1, 0.15) is 0 Å². The van der Waals surface area contributed by atoms with Crippen molar-refractivity contribution in [3.8, 4) is 0 Å². The van der Waals surface area contributed by atoms with E-state index in [9.17, 15) is 0 Å². The summed E-state index contributed by atoms with van der Waals surface area (Å²) in [6, 6.07) is 0. The van der Waals surface area contributed by atoms with Crippen LogP contribution in [0.2, 0.25) is 0 Å². The second kappa shape index (κ2) is 7.05. The summed E-state index contributed by atoms with van der Waals surface area (Å²) in [5.74, 6) is 1.27. The maximum Gasteiger partial charge on any atom is 0.0450 e. The third kappa shape index (κ3) is 4.16. The van der Waals surface area contributed by atoms with Gasteiger partial charge >= 0.3 is 0 Å². The third-order valence-corrected chi connectivity index (χ3v) is 5.94. The minimum Gasteiger partial charge on any atom is -0.150 e. The summed E-state index contributed by atoms with van der Waals surface area (Å²) >= 11 is 2.20. The van der Waals surface area contributed by atoms with Crippen molar-refractivity contribution >= 4 is 11.8 Å². The maximum absolute atomic E-state index is 2.40. The lowest BCUT2D eigenvalue weighted by Crippen LogP contribution is -2.35. The molecule has 2 aliphatic rings. The molecule has 0 aromatic carbocycles. The van der Waals surface area contributed by atoms with Crippen molar-refractivity contribution in [2.75, 3.05) is 5.75 Å². The number of hydrogen-bond acceptors (Lipinski definition) is 1. The van der Waals surface area contributed by atoms with E-state index in [0.717, 1.165) is 6.42 Å². The Morgan fingerprint density at radius 2 is 2.05 bits per heavy atom. The number of rotatable bonds is 6. The average Bonchev–Trinajstić information content (AvgIpc) is 2.91. The zero-order valence-electron chi connectivity index (χ0n) is 14.1. The van der Waals surface area contributed by atoms with E-state index in [4.69, 9.17) is 0 Å². The van der Waals surface area contributed by atoms with Gasteiger partial charge in [0.2, 0.25) is 0 Å². The summed E-state index contributed by atoms with van der Waals surface area (Å²) < 4.78 is 0.267. The quantitative estimate of drug-likeness (QED) is 0.507. The molecule has 0 saturated heterocycles. The van der Waals surface area contributed by atoms with E-state index in [-0.39, 0.29) is 10.2 Å². The van der Waals surface area contributed by atoms with Gasteiger partial charge in [-0.3, -0.25) is 0 Å². The van der Waals surface area contributed by atoms with Crippen LogP contribution in [0.1, 0.15) is 59.8 Å². The van der Waals surface area contributed by atoms with Crippen LogP contribution in [0.5, 0.6) is 0 Å². The molecule has 0 N–H and O–H groups in total. The monoisotopic (exact) mass is 302 g/mol. The van der Waals surface area contributed by atoms with Gasteiger partial charge in [0.05, 0.1) is 0 Å². The standard InChI is InChI=1S/C20H30S/c1-5-6-15-21-20(16-17-11-7-8-12-17)14-10-9-13-18(20)19(2,3)4/h7,9-13H,5-6,8,14-16H2,1-4H3. The van der Waals surface area contributed by atoms with E-state index in [0.29, 0.717) is 0 Å². The normalized spacial score (nSPS) is 25.1. The largest absolute Gasteiger partial charge is 0.150 e. The lowest BCUT2D eigenvalue weighted by Gasteiger charge is -2.43. The van der Waals surface area contributed by atoms with E-state index >= 15 is 0 Å². The first-order valence-corrected chi connectivity index (χ1v) is 9.34. The first kappa shape index (κ1) is 16.7. The Morgan fingerprint density at radius 3 is 2.67 bits per heavy atom. The Labute approximate surface area is 135 Å². The molecule has 0 bridgehead atoms. The van der Waals surface area contributed by atoms with E-state index < -0.39 is 0 Å². The molecule has 0 aromatic rings. The van der Waals surface area contributed by atoms with Crippen molar-refractivity contribution in [3.05, 3.63) is 47.6 Å². The Morgan fingerprint density at radius 1 is 1.24 bits per heavy atom. The van der Waals surface area contributed by atoms with E-state index in [1.54, 1.807) is 5.57 Å². The van der Waals surface area contributed by atoms with Gasteiger partial charge in [-0.25, -0.2) is 0 Å². The Kier molecular flexibility index (Phi) is 5.60. The highest BCUT2D eigenvalue weighted by atomic mass is 32.2. The Bertz CT molecular complexity index is 471. The van der Waals surface area contributed by atoms with Crippen molar-refractivity contribution in [1.82, 2.24) is 0 Å². The van der Waals surface area contributed by atoms with Crippen molar-refractivity contribution < 1.29 is 0 Å². The summed E-state index contributed by atoms with van der Waals surface area (Å²) in [5, 5.41) is 0. The summed E-state index contributed by atoms with van der Waals surface area (Å²) in [5.41, 5.74) is 3.40. The highest BCUT2D eigenvalue weighted by Crippen LogP contribution is 2.50. The summed E-state index contributed by atoms with van der Waals surface area (Å²) in [6.07, 6.45) is 20.1. The fourth-order valence-electron chi connectivity index (χ4n) is 3.35. The molecule has 0 spiro atoms. The summed E-state index contributed by atoms with van der Waals surface area (Å²) in [7, 11) is 0. The Balaban J connectivity index is 2.27. The van der Waals surface area contributed by atoms with Gasteiger partial charge in [0, 0.05) is 4.75 Å². The second-order valence-corrected chi connectivity index (χ2v) is 8.73. The number of hydrogen-bond donors (Lipinski definition) is 0. The van der Waals surface area contributed by atoms with Crippen LogP contribution in [0.4, 0.5) is 0 Å². The van der Waals surface area contributed by atoms with Gasteiger partial charge in [0.25, 0.3) is 0 Å². The van der Waals surface area contributed by atoms with Crippen LogP contribution in [0.3, 0.4) is 0 Å². The van der Waals surface area contributed by atoms with Crippen molar-refractivity contribution in [3.63, 3.8) is 0 Å². The molecule has 1 atom stereocenters. The zero-order valence-corrected chi connectivity index (χ0v) is 14.9. The van der Waals surface area contributed by atoms with Gasteiger partial charge in [-0.1, -0.05) is 76.1 Å². The highest BCUT2D eigenvalue weighted by molar-refractivity contribution is 8.00. The molecule has 0 aliphatic heterocycles. The van der Waals surface area contributed by atoms with Crippen LogP contribution < -0.4 is 0 Å². The molecule has 21 heavy (non-hydrogen) atoms. The molecular weight excluding hydrogens is 272 g/mol. The molecule has 1 heteroatoms. The van der Waals surface area contributed by atoms with E-state index in [1.807, 2.05) is 0 Å². The number of allylic oxidation sites excluding steroid dienone is 7. The SMILES string of the molecule is CCCCSC1(CC2=CCC=C2)CC=CC=C1C(C)(C)C. The van der Waals surface area contributed by atoms with Crippen LogP contribution in [0, 0.1) is 5.41 Å². The van der Waals surface area contributed by atoms with Gasteiger partial charge in [-0.05, 0) is 42.4 Å². The molecule has 2 aliphatic carbocycles. The molecule has 0 fully saturated rings. The lowest BCUT2D eigenvalue weighted by atomic mass is 9.72. The first-order chi connectivity index (χ1) is 9.98. The molecule has 0 amide bonds. The van der Waals surface area contributed by atoms with Crippen LogP contribution in [0.15, 0.2) is 47.6 Å². The topological polar surface area (TPSA) is 0 Å². The molecule has 0 heterocycles. The molecule has 116 valence electrons. The average molecular weight is 303 g/mol. The fourth-order valence-corrected chi connectivity index (χ4v) is 5.19. The van der Waals surface area contributed by atoms with E-state index in [2.05, 4.69) is 75.9 Å². The van der Waals surface area contributed by atoms with Gasteiger partial charge < -0.3 is 0 Å². The van der Waals surface area contributed by atoms with Crippen LogP contribution >= 0.6 is 11.8 Å². The predicted octanol–water partition coefficient (Wildman–Crippen LogP) is 6.47. The van der Waals surface area contributed by atoms with Crippen molar-refractivity contribution in [2.45, 2.75) is 64.5 Å². The van der Waals surface area contributed by atoms with Crippen molar-refractivity contribution in [1.29, 1.82) is 0 Å². The molecule has 2 rings (SSSR count). The number of unbranched alkanes of at least 4 members (excludes halogenated alkanes) is 1. The van der Waals surface area contributed by atoms with Crippen LogP contribution in [-0.2, 0) is 0 Å². The smallest absolute Gasteiger partial charge is 0.0450 e. The Hall–Kier alpha value is -0.690. The molecule has 1 unspecified atom stereocenters. The molecule has 0 aromatic heterocycles. The molecule has 0 nitrogen and oxygen atoms in total. The molecule has 0 radical (unpaired) electrons. The van der Waals surface area contributed by atoms with Crippen LogP contribution in [-0.4, -0.2) is 10.5 Å². The van der Waals surface area contributed by atoms with Crippen LogP contribution in [0.25, 0.3) is 0 Å². The fraction of sp³-hybridized carbons (Fsp3) is 0.600. The highest BCUT2D eigenvalue weighted by Gasteiger charge is 2.40. The summed E-state index contributed by atoms with van der Waals surface area (Å²) in [6.45, 7) is 9.39. The van der Waals surface area contributed by atoms with Gasteiger partial charge in [0.15, 0.2) is 0 Å². The zero-order chi connectivity index (χ0) is 15.3. The minimum atomic E-state index is 0.243. The predicted molar refractivity (Wildman–Crippen MR) is 97.8 cm³/mol. The minimum absolute atomic E-state index is 0.243. The third-order valence-electron chi connectivity index (χ3n) is 4.36. The second-order valence-electron chi connectivity index (χ2n) is 7.25. The number of thioether (sulfide) groups is 1.